The van der Waals surface area contributed by atoms with Crippen LogP contribution in [0.1, 0.15) is 40.2 Å². The van der Waals surface area contributed by atoms with Crippen LogP contribution in [-0.2, 0) is 25.5 Å². The first-order valence-corrected chi connectivity index (χ1v) is 9.96. The maximum atomic E-state index is 12.6. The molecule has 0 bridgehead atoms. The minimum atomic E-state index is -0.930. The molecule has 2 aromatic rings. The highest BCUT2D eigenvalue weighted by molar-refractivity contribution is 5.92. The molecular formula is C23H30N2O4. The summed E-state index contributed by atoms with van der Waals surface area (Å²) in [5, 5.41) is 7.54. The van der Waals surface area contributed by atoms with Crippen molar-refractivity contribution in [3.05, 3.63) is 48.0 Å². The van der Waals surface area contributed by atoms with E-state index in [1.54, 1.807) is 0 Å². The van der Waals surface area contributed by atoms with Crippen molar-refractivity contribution in [1.29, 1.82) is 0 Å². The second-order valence-electron chi connectivity index (χ2n) is 7.85. The smallest absolute Gasteiger partial charge is 0.329 e. The molecule has 0 heterocycles. The molecule has 0 aliphatic heterocycles. The Kier molecular flexibility index (Phi) is 7.76. The molecule has 29 heavy (non-hydrogen) atoms. The molecule has 156 valence electrons. The molecule has 0 aliphatic rings. The number of rotatable bonds is 8. The van der Waals surface area contributed by atoms with Gasteiger partial charge in [-0.05, 0) is 43.0 Å². The van der Waals surface area contributed by atoms with Crippen molar-refractivity contribution < 1.29 is 19.1 Å². The lowest BCUT2D eigenvalue weighted by atomic mass is 10.0. The van der Waals surface area contributed by atoms with Gasteiger partial charge in [-0.1, -0.05) is 56.3 Å². The maximum Gasteiger partial charge on any atom is 0.329 e. The molecular weight excluding hydrogens is 368 g/mol. The summed E-state index contributed by atoms with van der Waals surface area (Å²) in [7, 11) is 0. The van der Waals surface area contributed by atoms with Gasteiger partial charge >= 0.3 is 5.97 Å². The van der Waals surface area contributed by atoms with E-state index in [1.165, 1.54) is 6.92 Å². The summed E-state index contributed by atoms with van der Waals surface area (Å²) in [5.74, 6) is -1.42. The van der Waals surface area contributed by atoms with Crippen LogP contribution in [0.15, 0.2) is 42.5 Å². The summed E-state index contributed by atoms with van der Waals surface area (Å²) in [6, 6.07) is 12.8. The van der Waals surface area contributed by atoms with E-state index >= 15 is 0 Å². The molecule has 0 saturated heterocycles. The fraction of sp³-hybridized carbons (Fsp3) is 0.435. The molecule has 0 radical (unpaired) electrons. The Morgan fingerprint density at radius 1 is 0.897 bits per heavy atom. The average molecular weight is 399 g/mol. The van der Waals surface area contributed by atoms with Crippen LogP contribution >= 0.6 is 0 Å². The number of ether oxygens (including phenoxy) is 1. The number of carbonyl (C=O) groups is 3. The third kappa shape index (κ3) is 6.31. The number of amides is 2. The van der Waals surface area contributed by atoms with Gasteiger partial charge in [0.1, 0.15) is 6.04 Å². The van der Waals surface area contributed by atoms with E-state index in [9.17, 15) is 14.4 Å². The third-order valence-electron chi connectivity index (χ3n) is 4.56. The lowest BCUT2D eigenvalue weighted by molar-refractivity contribution is -0.158. The summed E-state index contributed by atoms with van der Waals surface area (Å²) in [6.45, 7) is 8.82. The number of nitrogens with one attached hydrogen (secondary N) is 2. The van der Waals surface area contributed by atoms with Crippen molar-refractivity contribution in [2.45, 2.75) is 59.2 Å². The van der Waals surface area contributed by atoms with Gasteiger partial charge in [0.2, 0.25) is 5.91 Å². The normalized spacial score (nSPS) is 13.2. The quantitative estimate of drug-likeness (QED) is 0.670. The first-order chi connectivity index (χ1) is 13.7. The zero-order chi connectivity index (χ0) is 21.6. The lowest BCUT2D eigenvalue weighted by Crippen LogP contribution is -2.48. The van der Waals surface area contributed by atoms with E-state index in [4.69, 9.17) is 4.74 Å². The van der Waals surface area contributed by atoms with Gasteiger partial charge in [0.15, 0.2) is 6.10 Å². The lowest BCUT2D eigenvalue weighted by Gasteiger charge is -2.23. The van der Waals surface area contributed by atoms with Crippen LogP contribution in [0.2, 0.25) is 0 Å². The highest BCUT2D eigenvalue weighted by Gasteiger charge is 2.29. The van der Waals surface area contributed by atoms with Crippen LogP contribution in [0.3, 0.4) is 0 Å². The highest BCUT2D eigenvalue weighted by Crippen LogP contribution is 2.19. The van der Waals surface area contributed by atoms with E-state index in [1.807, 2.05) is 70.2 Å². The van der Waals surface area contributed by atoms with E-state index in [-0.39, 0.29) is 30.2 Å². The highest BCUT2D eigenvalue weighted by atomic mass is 16.5. The van der Waals surface area contributed by atoms with Gasteiger partial charge < -0.3 is 15.4 Å². The maximum absolute atomic E-state index is 12.6. The standard InChI is InChI=1S/C23H30N2O4/c1-14(2)21(23(28)29-16(5)22(27)24-15(3)4)25-20(26)13-18-11-8-10-17-9-6-7-12-19(17)18/h6-12,14-16,21H,13H2,1-5H3,(H,24,27)(H,25,26)/t16-,21+/m1/s1. The van der Waals surface area contributed by atoms with Crippen LogP contribution in [0.25, 0.3) is 10.8 Å². The zero-order valence-electron chi connectivity index (χ0n) is 17.7. The van der Waals surface area contributed by atoms with Gasteiger partial charge in [-0.3, -0.25) is 9.59 Å². The molecule has 2 atom stereocenters. The predicted molar refractivity (Wildman–Crippen MR) is 113 cm³/mol. The molecule has 2 rings (SSSR count). The van der Waals surface area contributed by atoms with Gasteiger partial charge in [-0.2, -0.15) is 0 Å². The van der Waals surface area contributed by atoms with Crippen molar-refractivity contribution in [3.8, 4) is 0 Å². The number of esters is 1. The Morgan fingerprint density at radius 2 is 1.55 bits per heavy atom. The summed E-state index contributed by atoms with van der Waals surface area (Å²) >= 11 is 0. The van der Waals surface area contributed by atoms with Crippen LogP contribution in [0, 0.1) is 5.92 Å². The molecule has 0 fully saturated rings. The number of fused-ring (bicyclic) bond motifs is 1. The Balaban J connectivity index is 2.04. The minimum absolute atomic E-state index is 0.0510. The Hall–Kier alpha value is -2.89. The van der Waals surface area contributed by atoms with Crippen LogP contribution < -0.4 is 10.6 Å². The fourth-order valence-electron chi connectivity index (χ4n) is 3.04. The summed E-state index contributed by atoms with van der Waals surface area (Å²) in [4.78, 5) is 37.2. The van der Waals surface area contributed by atoms with Crippen molar-refractivity contribution in [2.75, 3.05) is 0 Å². The van der Waals surface area contributed by atoms with Crippen molar-refractivity contribution in [1.82, 2.24) is 10.6 Å². The van der Waals surface area contributed by atoms with E-state index in [0.717, 1.165) is 16.3 Å². The number of hydrogen-bond acceptors (Lipinski definition) is 4. The molecule has 2 amide bonds. The van der Waals surface area contributed by atoms with Crippen molar-refractivity contribution in [2.24, 2.45) is 5.92 Å². The summed E-state index contributed by atoms with van der Waals surface area (Å²) in [5.41, 5.74) is 0.890. The summed E-state index contributed by atoms with van der Waals surface area (Å²) in [6.07, 6.45) is -0.776. The first-order valence-electron chi connectivity index (χ1n) is 9.96. The predicted octanol–water partition coefficient (Wildman–Crippen LogP) is 2.98. The van der Waals surface area contributed by atoms with Crippen molar-refractivity contribution in [3.63, 3.8) is 0 Å². The molecule has 2 N–H and O–H groups in total. The molecule has 0 saturated carbocycles. The first kappa shape index (κ1) is 22.4. The number of hydrogen-bond donors (Lipinski definition) is 2. The van der Waals surface area contributed by atoms with Gasteiger partial charge in [-0.25, -0.2) is 4.79 Å². The van der Waals surface area contributed by atoms with Gasteiger partial charge in [0.25, 0.3) is 5.91 Å². The number of carbonyl (C=O) groups excluding carboxylic acids is 3. The number of benzene rings is 2. The Bertz CT molecular complexity index is 871. The van der Waals surface area contributed by atoms with Crippen LogP contribution in [-0.4, -0.2) is 36.0 Å². The molecule has 0 aromatic heterocycles. The fourth-order valence-corrected chi connectivity index (χ4v) is 3.04. The SMILES string of the molecule is CC(C)NC(=O)[C@@H](C)OC(=O)[C@@H](NC(=O)Cc1cccc2ccccc12)C(C)C. The molecule has 0 unspecified atom stereocenters. The molecule has 0 aliphatic carbocycles. The van der Waals surface area contributed by atoms with Crippen LogP contribution in [0.5, 0.6) is 0 Å². The average Bonchev–Trinajstić information content (AvgIpc) is 2.65. The third-order valence-corrected chi connectivity index (χ3v) is 4.56. The Morgan fingerprint density at radius 3 is 2.21 bits per heavy atom. The molecule has 2 aromatic carbocycles. The van der Waals surface area contributed by atoms with Gasteiger partial charge in [0, 0.05) is 6.04 Å². The molecule has 0 spiro atoms. The topological polar surface area (TPSA) is 84.5 Å². The summed E-state index contributed by atoms with van der Waals surface area (Å²) < 4.78 is 5.29. The molecule has 6 heteroatoms. The van der Waals surface area contributed by atoms with E-state index in [0.29, 0.717) is 0 Å². The van der Waals surface area contributed by atoms with Crippen LogP contribution in [0.4, 0.5) is 0 Å². The van der Waals surface area contributed by atoms with Gasteiger partial charge in [-0.15, -0.1) is 0 Å². The molecule has 6 nitrogen and oxygen atoms in total. The van der Waals surface area contributed by atoms with E-state index < -0.39 is 18.1 Å². The Labute approximate surface area is 172 Å². The van der Waals surface area contributed by atoms with E-state index in [2.05, 4.69) is 10.6 Å². The van der Waals surface area contributed by atoms with Crippen molar-refractivity contribution >= 4 is 28.6 Å². The largest absolute Gasteiger partial charge is 0.451 e. The van der Waals surface area contributed by atoms with Gasteiger partial charge in [0.05, 0.1) is 6.42 Å². The monoisotopic (exact) mass is 398 g/mol. The second kappa shape index (κ2) is 10.0. The second-order valence-corrected chi connectivity index (χ2v) is 7.85. The zero-order valence-corrected chi connectivity index (χ0v) is 17.7. The minimum Gasteiger partial charge on any atom is -0.451 e.